The van der Waals surface area contributed by atoms with Gasteiger partial charge in [0, 0.05) is 19.2 Å². The third-order valence-corrected chi connectivity index (χ3v) is 6.59. The molecule has 2 amide bonds. The van der Waals surface area contributed by atoms with Crippen LogP contribution in [0.15, 0.2) is 42.0 Å². The number of hydrogen-bond donors (Lipinski definition) is 3. The number of amides is 2. The van der Waals surface area contributed by atoms with E-state index in [2.05, 4.69) is 24.4 Å². The van der Waals surface area contributed by atoms with Crippen LogP contribution in [0.5, 0.6) is 0 Å². The number of nitrogens with zero attached hydrogens (tertiary/aromatic N) is 1. The molecule has 190 valence electrons. The molecule has 0 radical (unpaired) electrons. The summed E-state index contributed by atoms with van der Waals surface area (Å²) in [6.07, 6.45) is 12.7. The van der Waals surface area contributed by atoms with Crippen LogP contribution in [0.1, 0.15) is 83.1 Å². The topological polar surface area (TPSA) is 89.9 Å². The Balaban J connectivity index is 2.04. The Labute approximate surface area is 205 Å². The molecule has 1 aromatic carbocycles. The number of aliphatic hydroxyl groups is 2. The molecule has 0 unspecified atom stereocenters. The van der Waals surface area contributed by atoms with Crippen molar-refractivity contribution >= 4 is 11.8 Å². The molecule has 34 heavy (non-hydrogen) atoms. The Morgan fingerprint density at radius 2 is 1.82 bits per heavy atom. The van der Waals surface area contributed by atoms with E-state index in [-0.39, 0.29) is 31.5 Å². The minimum atomic E-state index is -0.692. The smallest absolute Gasteiger partial charge is 0.246 e. The summed E-state index contributed by atoms with van der Waals surface area (Å²) >= 11 is 0. The van der Waals surface area contributed by atoms with Crippen molar-refractivity contribution in [2.75, 3.05) is 26.2 Å². The fraction of sp³-hybridized carbons (Fsp3) is 0.643. The van der Waals surface area contributed by atoms with Gasteiger partial charge < -0.3 is 20.4 Å². The molecule has 3 N–H and O–H groups in total. The molecule has 0 bridgehead atoms. The van der Waals surface area contributed by atoms with Gasteiger partial charge in [-0.25, -0.2) is 0 Å². The second-order valence-corrected chi connectivity index (χ2v) is 9.64. The van der Waals surface area contributed by atoms with Gasteiger partial charge in [0.15, 0.2) is 0 Å². The molecule has 0 heterocycles. The molecule has 1 saturated carbocycles. The SMILES string of the molecule is CCCCCCCN(CC(=O)NCCO)C(=O)/C=C(/CCCc1ccccc1)CC1(O)CCC1. The summed E-state index contributed by atoms with van der Waals surface area (Å²) in [6, 6.07) is 10.3. The third-order valence-electron chi connectivity index (χ3n) is 6.59. The van der Waals surface area contributed by atoms with E-state index < -0.39 is 5.60 Å². The first-order chi connectivity index (χ1) is 16.5. The Morgan fingerprint density at radius 3 is 2.47 bits per heavy atom. The number of carbonyl (C=O) groups is 2. The summed E-state index contributed by atoms with van der Waals surface area (Å²) in [7, 11) is 0. The summed E-state index contributed by atoms with van der Waals surface area (Å²) in [5.41, 5.74) is 1.54. The van der Waals surface area contributed by atoms with Crippen molar-refractivity contribution in [3.05, 3.63) is 47.5 Å². The first kappa shape index (κ1) is 28.1. The van der Waals surface area contributed by atoms with Gasteiger partial charge in [-0.15, -0.1) is 0 Å². The summed E-state index contributed by atoms with van der Waals surface area (Å²) in [4.78, 5) is 27.1. The van der Waals surface area contributed by atoms with Crippen molar-refractivity contribution in [1.29, 1.82) is 0 Å². The first-order valence-electron chi connectivity index (χ1n) is 13.1. The van der Waals surface area contributed by atoms with E-state index in [0.29, 0.717) is 13.0 Å². The van der Waals surface area contributed by atoms with Crippen molar-refractivity contribution < 1.29 is 19.8 Å². The maximum absolute atomic E-state index is 13.2. The van der Waals surface area contributed by atoms with Crippen molar-refractivity contribution in [3.8, 4) is 0 Å². The monoisotopic (exact) mass is 472 g/mol. The van der Waals surface area contributed by atoms with Crippen LogP contribution in [-0.4, -0.2) is 58.8 Å². The molecular weight excluding hydrogens is 428 g/mol. The molecule has 2 rings (SSSR count). The van der Waals surface area contributed by atoms with Gasteiger partial charge in [0.2, 0.25) is 11.8 Å². The van der Waals surface area contributed by atoms with E-state index in [4.69, 9.17) is 5.11 Å². The van der Waals surface area contributed by atoms with Gasteiger partial charge in [0.1, 0.15) is 0 Å². The Bertz CT molecular complexity index is 759. The number of aliphatic hydroxyl groups excluding tert-OH is 1. The predicted octanol–water partition coefficient (Wildman–Crippen LogP) is 4.15. The van der Waals surface area contributed by atoms with Crippen LogP contribution in [0.3, 0.4) is 0 Å². The molecular formula is C28H44N2O4. The van der Waals surface area contributed by atoms with Gasteiger partial charge in [0.25, 0.3) is 0 Å². The number of hydrogen-bond acceptors (Lipinski definition) is 4. The fourth-order valence-electron chi connectivity index (χ4n) is 4.42. The molecule has 0 atom stereocenters. The fourth-order valence-corrected chi connectivity index (χ4v) is 4.42. The number of aryl methyl sites for hydroxylation is 1. The second-order valence-electron chi connectivity index (χ2n) is 9.64. The highest BCUT2D eigenvalue weighted by Crippen LogP contribution is 2.38. The molecule has 0 spiro atoms. The summed E-state index contributed by atoms with van der Waals surface area (Å²) in [5, 5.41) is 22.4. The Kier molecular flexibility index (Phi) is 12.9. The van der Waals surface area contributed by atoms with E-state index in [9.17, 15) is 14.7 Å². The zero-order valence-electron chi connectivity index (χ0n) is 20.9. The lowest BCUT2D eigenvalue weighted by Crippen LogP contribution is -2.41. The van der Waals surface area contributed by atoms with E-state index in [1.54, 1.807) is 11.0 Å². The number of carbonyl (C=O) groups excluding carboxylic acids is 2. The summed E-state index contributed by atoms with van der Waals surface area (Å²) < 4.78 is 0. The highest BCUT2D eigenvalue weighted by molar-refractivity contribution is 5.91. The van der Waals surface area contributed by atoms with Crippen LogP contribution in [-0.2, 0) is 16.0 Å². The molecule has 1 aliphatic carbocycles. The maximum Gasteiger partial charge on any atom is 0.246 e. The maximum atomic E-state index is 13.2. The molecule has 1 fully saturated rings. The second kappa shape index (κ2) is 15.7. The van der Waals surface area contributed by atoms with Gasteiger partial charge in [-0.2, -0.15) is 0 Å². The number of benzene rings is 1. The first-order valence-corrected chi connectivity index (χ1v) is 13.1. The molecule has 6 nitrogen and oxygen atoms in total. The lowest BCUT2D eigenvalue weighted by molar-refractivity contribution is -0.132. The molecule has 0 saturated heterocycles. The largest absolute Gasteiger partial charge is 0.395 e. The van der Waals surface area contributed by atoms with E-state index in [0.717, 1.165) is 69.8 Å². The molecule has 1 aromatic rings. The van der Waals surface area contributed by atoms with Crippen LogP contribution >= 0.6 is 0 Å². The van der Waals surface area contributed by atoms with Gasteiger partial charge in [-0.3, -0.25) is 9.59 Å². The quantitative estimate of drug-likeness (QED) is 0.235. The zero-order valence-corrected chi connectivity index (χ0v) is 20.9. The zero-order chi connectivity index (χ0) is 24.7. The van der Waals surface area contributed by atoms with Crippen LogP contribution in [0, 0.1) is 0 Å². The van der Waals surface area contributed by atoms with E-state index in [1.165, 1.54) is 12.0 Å². The summed E-state index contributed by atoms with van der Waals surface area (Å²) in [5.74, 6) is -0.417. The van der Waals surface area contributed by atoms with Gasteiger partial charge in [-0.1, -0.05) is 68.5 Å². The van der Waals surface area contributed by atoms with Crippen LogP contribution in [0.4, 0.5) is 0 Å². The van der Waals surface area contributed by atoms with Crippen LogP contribution < -0.4 is 5.32 Å². The average molecular weight is 473 g/mol. The molecule has 1 aliphatic rings. The highest BCUT2D eigenvalue weighted by Gasteiger charge is 2.35. The normalized spacial score (nSPS) is 15.0. The number of nitrogens with one attached hydrogen (secondary N) is 1. The highest BCUT2D eigenvalue weighted by atomic mass is 16.3. The van der Waals surface area contributed by atoms with Crippen LogP contribution in [0.2, 0.25) is 0 Å². The molecule has 0 aromatic heterocycles. The van der Waals surface area contributed by atoms with Crippen molar-refractivity contribution in [3.63, 3.8) is 0 Å². The predicted molar refractivity (Wildman–Crippen MR) is 136 cm³/mol. The minimum Gasteiger partial charge on any atom is -0.395 e. The lowest BCUT2D eigenvalue weighted by Gasteiger charge is -2.37. The van der Waals surface area contributed by atoms with Gasteiger partial charge >= 0.3 is 0 Å². The minimum absolute atomic E-state index is 0.00925. The Hall–Kier alpha value is -2.18. The van der Waals surface area contributed by atoms with Gasteiger partial charge in [-0.05, 0) is 56.9 Å². The number of rotatable bonds is 17. The van der Waals surface area contributed by atoms with E-state index in [1.807, 2.05) is 18.2 Å². The number of unbranched alkanes of at least 4 members (excludes halogenated alkanes) is 4. The third kappa shape index (κ3) is 10.8. The van der Waals surface area contributed by atoms with Crippen molar-refractivity contribution in [1.82, 2.24) is 10.2 Å². The Morgan fingerprint density at radius 1 is 1.09 bits per heavy atom. The van der Waals surface area contributed by atoms with E-state index >= 15 is 0 Å². The lowest BCUT2D eigenvalue weighted by atomic mass is 9.75. The standard InChI is InChI=1S/C28H44N2O4/c1-2-3-4-5-9-19-30(23-26(32)29-18-20-31)27(33)21-25(22-28(34)16-11-17-28)15-10-14-24-12-7-6-8-13-24/h6-8,12-13,21,31,34H,2-5,9-11,14-20,22-23H2,1H3,(H,29,32)/b25-21-. The summed E-state index contributed by atoms with van der Waals surface area (Å²) in [6.45, 7) is 2.75. The molecule has 0 aliphatic heterocycles. The molecule has 6 heteroatoms. The van der Waals surface area contributed by atoms with Gasteiger partial charge in [0.05, 0.1) is 18.8 Å². The van der Waals surface area contributed by atoms with Crippen molar-refractivity contribution in [2.24, 2.45) is 0 Å². The van der Waals surface area contributed by atoms with Crippen molar-refractivity contribution in [2.45, 2.75) is 89.6 Å². The average Bonchev–Trinajstić information content (AvgIpc) is 2.81. The van der Waals surface area contributed by atoms with Crippen LogP contribution in [0.25, 0.3) is 0 Å².